The lowest BCUT2D eigenvalue weighted by molar-refractivity contribution is -0.138. The number of alkyl halides is 3. The van der Waals surface area contributed by atoms with Crippen LogP contribution in [0.3, 0.4) is 0 Å². The molecular formula is C14H14F3N3O3. The molecule has 0 aromatic carbocycles. The topological polar surface area (TPSA) is 71.5 Å². The van der Waals surface area contributed by atoms with Crippen molar-refractivity contribution in [1.29, 1.82) is 0 Å². The molecule has 2 aliphatic rings. The first-order valence-corrected chi connectivity index (χ1v) is 7.06. The van der Waals surface area contributed by atoms with Crippen molar-refractivity contribution in [2.24, 2.45) is 0 Å². The lowest BCUT2D eigenvalue weighted by Crippen LogP contribution is -2.53. The first-order chi connectivity index (χ1) is 10.8. The zero-order valence-electron chi connectivity index (χ0n) is 12.0. The minimum atomic E-state index is -4.61. The van der Waals surface area contributed by atoms with Gasteiger partial charge in [0.15, 0.2) is 0 Å². The maximum Gasteiger partial charge on any atom is 0.417 e. The molecule has 0 bridgehead atoms. The largest absolute Gasteiger partial charge is 0.447 e. The fourth-order valence-electron chi connectivity index (χ4n) is 2.88. The number of carbonyl (C=O) groups is 2. The van der Waals surface area contributed by atoms with Gasteiger partial charge in [0.05, 0.1) is 16.7 Å². The molecule has 0 unspecified atom stereocenters. The second-order valence-corrected chi connectivity index (χ2v) is 5.69. The van der Waals surface area contributed by atoms with E-state index in [4.69, 9.17) is 4.74 Å². The van der Waals surface area contributed by atoms with Gasteiger partial charge in [-0.15, -0.1) is 0 Å². The Morgan fingerprint density at radius 2 is 2.04 bits per heavy atom. The summed E-state index contributed by atoms with van der Waals surface area (Å²) in [5.74, 6) is -0.703. The highest BCUT2D eigenvalue weighted by atomic mass is 19.4. The van der Waals surface area contributed by atoms with E-state index < -0.39 is 34.8 Å². The number of likely N-dealkylation sites (tertiary alicyclic amines) is 1. The number of carbonyl (C=O) groups excluding carboxylic acids is 2. The van der Waals surface area contributed by atoms with E-state index in [1.807, 2.05) is 0 Å². The smallest absolute Gasteiger partial charge is 0.417 e. The monoisotopic (exact) mass is 329 g/mol. The molecular weight excluding hydrogens is 315 g/mol. The molecule has 0 radical (unpaired) electrons. The van der Waals surface area contributed by atoms with Crippen molar-refractivity contribution in [2.45, 2.75) is 24.6 Å². The van der Waals surface area contributed by atoms with E-state index >= 15 is 0 Å². The fraction of sp³-hybridized carbons (Fsp3) is 0.500. The molecule has 1 aromatic rings. The van der Waals surface area contributed by atoms with E-state index in [-0.39, 0.29) is 19.7 Å². The third-order valence-corrected chi connectivity index (χ3v) is 4.21. The highest BCUT2D eigenvalue weighted by molar-refractivity contribution is 5.95. The van der Waals surface area contributed by atoms with Crippen LogP contribution >= 0.6 is 0 Å². The van der Waals surface area contributed by atoms with Gasteiger partial charge in [0.2, 0.25) is 0 Å². The van der Waals surface area contributed by atoms with Crippen LogP contribution in [0, 0.1) is 0 Å². The maximum atomic E-state index is 13.0. The number of hydrogen-bond donors (Lipinski definition) is 1. The Morgan fingerprint density at radius 3 is 2.61 bits per heavy atom. The summed E-state index contributed by atoms with van der Waals surface area (Å²) in [4.78, 5) is 28.5. The Labute approximate surface area is 129 Å². The molecule has 1 spiro atoms. The second-order valence-electron chi connectivity index (χ2n) is 5.69. The maximum absolute atomic E-state index is 13.0. The van der Waals surface area contributed by atoms with E-state index in [1.165, 1.54) is 4.90 Å². The minimum Gasteiger partial charge on any atom is -0.447 e. The van der Waals surface area contributed by atoms with Gasteiger partial charge in [0, 0.05) is 25.5 Å². The zero-order valence-corrected chi connectivity index (χ0v) is 12.0. The number of alkyl carbamates (subject to hydrolysis) is 1. The summed E-state index contributed by atoms with van der Waals surface area (Å²) >= 11 is 0. The van der Waals surface area contributed by atoms with Crippen molar-refractivity contribution in [3.63, 3.8) is 0 Å². The van der Waals surface area contributed by atoms with Crippen LogP contribution in [0.15, 0.2) is 18.5 Å². The SMILES string of the molecule is O=C1NC2(CCN(C(=O)c3cnccc3C(F)(F)F)CC2)CO1. The Morgan fingerprint density at radius 1 is 1.35 bits per heavy atom. The number of rotatable bonds is 1. The number of pyridine rings is 1. The van der Waals surface area contributed by atoms with E-state index in [0.717, 1.165) is 18.5 Å². The normalized spacial score (nSPS) is 20.3. The summed E-state index contributed by atoms with van der Waals surface area (Å²) in [5.41, 5.74) is -1.96. The number of piperidine rings is 1. The molecule has 0 aliphatic carbocycles. The highest BCUT2D eigenvalue weighted by Crippen LogP contribution is 2.33. The van der Waals surface area contributed by atoms with Crippen LogP contribution in [0.25, 0.3) is 0 Å². The number of cyclic esters (lactones) is 1. The van der Waals surface area contributed by atoms with Crippen molar-refractivity contribution < 1.29 is 27.5 Å². The predicted octanol–water partition coefficient (Wildman–Crippen LogP) is 1.81. The Bertz CT molecular complexity index is 640. The van der Waals surface area contributed by atoms with Gasteiger partial charge < -0.3 is 15.0 Å². The third kappa shape index (κ3) is 2.95. The Hall–Kier alpha value is -2.32. The van der Waals surface area contributed by atoms with Gasteiger partial charge >= 0.3 is 12.3 Å². The van der Waals surface area contributed by atoms with E-state index in [2.05, 4.69) is 10.3 Å². The van der Waals surface area contributed by atoms with Gasteiger partial charge in [-0.1, -0.05) is 0 Å². The Balaban J connectivity index is 1.75. The van der Waals surface area contributed by atoms with Crippen LogP contribution in [0.4, 0.5) is 18.0 Å². The number of aromatic nitrogens is 1. The molecule has 9 heteroatoms. The van der Waals surface area contributed by atoms with Crippen LogP contribution < -0.4 is 5.32 Å². The molecule has 3 heterocycles. The van der Waals surface area contributed by atoms with Crippen LogP contribution in [0.1, 0.15) is 28.8 Å². The molecule has 2 amide bonds. The highest BCUT2D eigenvalue weighted by Gasteiger charge is 2.44. The molecule has 0 saturated carbocycles. The van der Waals surface area contributed by atoms with Crippen molar-refractivity contribution in [1.82, 2.24) is 15.2 Å². The molecule has 2 saturated heterocycles. The molecule has 6 nitrogen and oxygen atoms in total. The fourth-order valence-corrected chi connectivity index (χ4v) is 2.88. The number of ether oxygens (including phenoxy) is 1. The Kier molecular flexibility index (Phi) is 3.65. The molecule has 2 fully saturated rings. The van der Waals surface area contributed by atoms with Crippen molar-refractivity contribution >= 4 is 12.0 Å². The average Bonchev–Trinajstić information content (AvgIpc) is 2.87. The molecule has 0 atom stereocenters. The molecule has 124 valence electrons. The van der Waals surface area contributed by atoms with Crippen LogP contribution in [-0.4, -0.2) is 47.1 Å². The summed E-state index contributed by atoms with van der Waals surface area (Å²) < 4.78 is 43.9. The number of nitrogens with one attached hydrogen (secondary N) is 1. The number of halogens is 3. The quantitative estimate of drug-likeness (QED) is 0.853. The molecule has 1 aromatic heterocycles. The van der Waals surface area contributed by atoms with Gasteiger partial charge in [-0.25, -0.2) is 4.79 Å². The molecule has 3 rings (SSSR count). The minimum absolute atomic E-state index is 0.217. The van der Waals surface area contributed by atoms with Crippen molar-refractivity contribution in [3.8, 4) is 0 Å². The summed E-state index contributed by atoms with van der Waals surface area (Å²) in [6.07, 6.45) is -2.29. The van der Waals surface area contributed by atoms with Crippen molar-refractivity contribution in [3.05, 3.63) is 29.6 Å². The standard InChI is InChI=1S/C14H14F3N3O3/c15-14(16,17)10-1-4-18-7-9(10)11(21)20-5-2-13(3-6-20)8-23-12(22)19-13/h1,4,7H,2-3,5-6,8H2,(H,19,22). The van der Waals surface area contributed by atoms with Gasteiger partial charge in [-0.2, -0.15) is 13.2 Å². The van der Waals surface area contributed by atoms with Crippen LogP contribution in [0.2, 0.25) is 0 Å². The number of amides is 2. The van der Waals surface area contributed by atoms with Gasteiger partial charge in [0.25, 0.3) is 5.91 Å². The summed E-state index contributed by atoms with van der Waals surface area (Å²) in [5, 5.41) is 2.71. The summed E-state index contributed by atoms with van der Waals surface area (Å²) in [6.45, 7) is 0.706. The van der Waals surface area contributed by atoms with Gasteiger partial charge in [-0.05, 0) is 18.9 Å². The summed E-state index contributed by atoms with van der Waals surface area (Å²) in [6, 6.07) is 0.795. The molecule has 23 heavy (non-hydrogen) atoms. The van der Waals surface area contributed by atoms with E-state index in [9.17, 15) is 22.8 Å². The molecule has 1 N–H and O–H groups in total. The van der Waals surface area contributed by atoms with Crippen LogP contribution in [0.5, 0.6) is 0 Å². The average molecular weight is 329 g/mol. The third-order valence-electron chi connectivity index (χ3n) is 4.21. The zero-order chi connectivity index (χ0) is 16.7. The first kappa shape index (κ1) is 15.6. The lowest BCUT2D eigenvalue weighted by atomic mass is 9.88. The first-order valence-electron chi connectivity index (χ1n) is 7.06. The van der Waals surface area contributed by atoms with Gasteiger partial charge in [0.1, 0.15) is 6.61 Å². The van der Waals surface area contributed by atoms with E-state index in [0.29, 0.717) is 12.8 Å². The lowest BCUT2D eigenvalue weighted by Gasteiger charge is -2.37. The predicted molar refractivity (Wildman–Crippen MR) is 71.6 cm³/mol. The second kappa shape index (κ2) is 5.39. The van der Waals surface area contributed by atoms with Gasteiger partial charge in [-0.3, -0.25) is 9.78 Å². The number of hydrogen-bond acceptors (Lipinski definition) is 4. The van der Waals surface area contributed by atoms with Crippen molar-refractivity contribution in [2.75, 3.05) is 19.7 Å². The summed E-state index contributed by atoms with van der Waals surface area (Å²) in [7, 11) is 0. The van der Waals surface area contributed by atoms with E-state index in [1.54, 1.807) is 0 Å². The van der Waals surface area contributed by atoms with Crippen LogP contribution in [-0.2, 0) is 10.9 Å². The molecule has 2 aliphatic heterocycles. The number of nitrogens with zero attached hydrogens (tertiary/aromatic N) is 2.